The van der Waals surface area contributed by atoms with Crippen LogP contribution in [0.3, 0.4) is 0 Å². The Morgan fingerprint density at radius 2 is 1.97 bits per heavy atom. The average molecular weight is 409 g/mol. The van der Waals surface area contributed by atoms with Crippen molar-refractivity contribution in [1.82, 2.24) is 24.8 Å². The van der Waals surface area contributed by atoms with Gasteiger partial charge in [0.2, 0.25) is 5.95 Å². The molecule has 0 aliphatic rings. The molecule has 0 aliphatic heterocycles. The molecular weight excluding hydrogens is 392 g/mol. The maximum absolute atomic E-state index is 12.6. The van der Waals surface area contributed by atoms with E-state index in [0.717, 1.165) is 5.69 Å². The number of aromatic nitrogens is 4. The number of hydrogen-bond donors (Lipinski definition) is 2. The molecule has 0 radical (unpaired) electrons. The maximum Gasteiger partial charge on any atom is 0.290 e. The van der Waals surface area contributed by atoms with Gasteiger partial charge in [-0.3, -0.25) is 25.0 Å². The number of rotatable bonds is 5. The Labute approximate surface area is 170 Å². The summed E-state index contributed by atoms with van der Waals surface area (Å²) in [5, 5.41) is 5.36. The molecule has 9 heteroatoms. The molecule has 4 aromatic rings. The van der Waals surface area contributed by atoms with Gasteiger partial charge in [-0.1, -0.05) is 29.8 Å². The number of anilines is 1. The smallest absolute Gasteiger partial charge is 0.277 e. The molecule has 29 heavy (non-hydrogen) atoms. The molecular formula is C20H17ClN6O2. The second-order valence-corrected chi connectivity index (χ2v) is 6.64. The lowest BCUT2D eigenvalue weighted by Crippen LogP contribution is -2.34. The van der Waals surface area contributed by atoms with Crippen LogP contribution in [0.5, 0.6) is 0 Å². The molecule has 1 amide bonds. The van der Waals surface area contributed by atoms with Crippen LogP contribution in [0.1, 0.15) is 17.4 Å². The predicted molar refractivity (Wildman–Crippen MR) is 111 cm³/mol. The lowest BCUT2D eigenvalue weighted by atomic mass is 10.2. The molecule has 0 spiro atoms. The van der Waals surface area contributed by atoms with Gasteiger partial charge in [-0.25, -0.2) is 9.67 Å². The largest absolute Gasteiger partial charge is 0.290 e. The van der Waals surface area contributed by atoms with Gasteiger partial charge in [-0.2, -0.15) is 5.10 Å². The second-order valence-electron chi connectivity index (χ2n) is 6.21. The third-order valence-electron chi connectivity index (χ3n) is 4.36. The fourth-order valence-electron chi connectivity index (χ4n) is 2.94. The molecule has 2 N–H and O–H groups in total. The minimum atomic E-state index is -0.462. The highest BCUT2D eigenvalue weighted by Crippen LogP contribution is 2.14. The Hall–Kier alpha value is -3.65. The number of hydrogen-bond acceptors (Lipinski definition) is 5. The Kier molecular flexibility index (Phi) is 5.01. The van der Waals surface area contributed by atoms with Gasteiger partial charge in [0.05, 0.1) is 16.6 Å². The van der Waals surface area contributed by atoms with Crippen LogP contribution in [-0.4, -0.2) is 25.2 Å². The zero-order valence-electron chi connectivity index (χ0n) is 15.5. The summed E-state index contributed by atoms with van der Waals surface area (Å²) >= 11 is 6.00. The van der Waals surface area contributed by atoms with E-state index < -0.39 is 5.91 Å². The van der Waals surface area contributed by atoms with Gasteiger partial charge in [-0.15, -0.1) is 0 Å². The van der Waals surface area contributed by atoms with Crippen LogP contribution < -0.4 is 16.4 Å². The first-order chi connectivity index (χ1) is 14.1. The Morgan fingerprint density at radius 3 is 2.76 bits per heavy atom. The van der Waals surface area contributed by atoms with Crippen LogP contribution in [0.15, 0.2) is 65.6 Å². The lowest BCUT2D eigenvalue weighted by molar-refractivity contribution is 0.0956. The molecule has 8 nitrogen and oxygen atoms in total. The minimum absolute atomic E-state index is 0.180. The number of benzene rings is 2. The van der Waals surface area contributed by atoms with Gasteiger partial charge >= 0.3 is 0 Å². The standard InChI is InChI=1S/C20H17ClN6O2/c1-2-26-19(29)15-8-3-4-9-16(15)22-20(26)24-23-18(28)17-10-11-27(25-17)14-7-5-6-13(21)12-14/h3-12H,2H2,1H3,(H,22,24)(H,23,28). The van der Waals surface area contributed by atoms with Gasteiger partial charge in [0.25, 0.3) is 11.5 Å². The number of para-hydroxylation sites is 1. The zero-order valence-corrected chi connectivity index (χ0v) is 16.2. The van der Waals surface area contributed by atoms with Crippen molar-refractivity contribution in [3.8, 4) is 5.69 Å². The van der Waals surface area contributed by atoms with Crippen molar-refractivity contribution in [3.05, 3.63) is 81.9 Å². The Bertz CT molecular complexity index is 1260. The fourth-order valence-corrected chi connectivity index (χ4v) is 3.13. The third-order valence-corrected chi connectivity index (χ3v) is 4.60. The quantitative estimate of drug-likeness (QED) is 0.495. The van der Waals surface area contributed by atoms with E-state index in [9.17, 15) is 9.59 Å². The van der Waals surface area contributed by atoms with Crippen molar-refractivity contribution in [2.24, 2.45) is 0 Å². The third kappa shape index (κ3) is 3.70. The number of halogens is 1. The number of nitrogens with zero attached hydrogens (tertiary/aromatic N) is 4. The summed E-state index contributed by atoms with van der Waals surface area (Å²) in [5.41, 5.74) is 6.58. The molecule has 146 valence electrons. The molecule has 2 aromatic heterocycles. The van der Waals surface area contributed by atoms with Crippen molar-refractivity contribution in [2.45, 2.75) is 13.5 Å². The fraction of sp³-hybridized carbons (Fsp3) is 0.100. The SMILES string of the molecule is CCn1c(NNC(=O)c2ccn(-c3cccc(Cl)c3)n2)nc2ccccc2c1=O. The average Bonchev–Trinajstić information content (AvgIpc) is 3.23. The van der Waals surface area contributed by atoms with Crippen molar-refractivity contribution < 1.29 is 4.79 Å². The van der Waals surface area contributed by atoms with E-state index in [1.807, 2.05) is 13.0 Å². The van der Waals surface area contributed by atoms with Crippen molar-refractivity contribution in [2.75, 3.05) is 5.43 Å². The lowest BCUT2D eigenvalue weighted by Gasteiger charge is -2.13. The number of fused-ring (bicyclic) bond motifs is 1. The molecule has 0 bridgehead atoms. The summed E-state index contributed by atoms with van der Waals surface area (Å²) in [6.45, 7) is 2.23. The van der Waals surface area contributed by atoms with Crippen molar-refractivity contribution in [3.63, 3.8) is 0 Å². The number of carbonyl (C=O) groups excluding carboxylic acids is 1. The van der Waals surface area contributed by atoms with Crippen LogP contribution in [-0.2, 0) is 6.54 Å². The summed E-state index contributed by atoms with van der Waals surface area (Å²) in [5.74, 6) is -0.213. The molecule has 0 fully saturated rings. The van der Waals surface area contributed by atoms with Crippen LogP contribution in [0.2, 0.25) is 5.02 Å². The van der Waals surface area contributed by atoms with Crippen molar-refractivity contribution >= 4 is 34.4 Å². The number of hydrazine groups is 1. The number of nitrogens with one attached hydrogen (secondary N) is 2. The summed E-state index contributed by atoms with van der Waals surface area (Å²) in [6, 6.07) is 15.8. The van der Waals surface area contributed by atoms with E-state index in [4.69, 9.17) is 11.6 Å². The van der Waals surface area contributed by atoms with E-state index in [0.29, 0.717) is 22.5 Å². The topological polar surface area (TPSA) is 93.8 Å². The summed E-state index contributed by atoms with van der Waals surface area (Å²) in [6.07, 6.45) is 1.66. The first kappa shape index (κ1) is 18.7. The molecule has 0 atom stereocenters. The second kappa shape index (κ2) is 7.76. The van der Waals surface area contributed by atoms with Gasteiger partial charge in [0.15, 0.2) is 5.69 Å². The molecule has 0 saturated carbocycles. The minimum Gasteiger partial charge on any atom is -0.277 e. The first-order valence-corrected chi connectivity index (χ1v) is 9.32. The van der Waals surface area contributed by atoms with Gasteiger partial charge in [0, 0.05) is 17.8 Å². The number of carbonyl (C=O) groups is 1. The van der Waals surface area contributed by atoms with Crippen LogP contribution in [0, 0.1) is 0 Å². The van der Waals surface area contributed by atoms with Gasteiger partial charge < -0.3 is 0 Å². The van der Waals surface area contributed by atoms with E-state index in [1.54, 1.807) is 59.4 Å². The molecule has 0 saturated heterocycles. The normalized spacial score (nSPS) is 10.8. The Morgan fingerprint density at radius 1 is 1.14 bits per heavy atom. The highest BCUT2D eigenvalue weighted by Gasteiger charge is 2.13. The van der Waals surface area contributed by atoms with E-state index in [2.05, 4.69) is 20.9 Å². The highest BCUT2D eigenvalue weighted by atomic mass is 35.5. The van der Waals surface area contributed by atoms with Crippen LogP contribution >= 0.6 is 11.6 Å². The number of amides is 1. The highest BCUT2D eigenvalue weighted by molar-refractivity contribution is 6.30. The monoisotopic (exact) mass is 408 g/mol. The summed E-state index contributed by atoms with van der Waals surface area (Å²) in [4.78, 5) is 29.5. The van der Waals surface area contributed by atoms with E-state index >= 15 is 0 Å². The molecule has 4 rings (SSSR count). The van der Waals surface area contributed by atoms with E-state index in [-0.39, 0.29) is 17.2 Å². The Balaban J connectivity index is 1.55. The molecule has 2 heterocycles. The molecule has 2 aromatic carbocycles. The van der Waals surface area contributed by atoms with E-state index in [1.165, 1.54) is 4.57 Å². The zero-order chi connectivity index (χ0) is 20.4. The maximum atomic E-state index is 12.6. The van der Waals surface area contributed by atoms with Crippen LogP contribution in [0.25, 0.3) is 16.6 Å². The first-order valence-electron chi connectivity index (χ1n) is 8.94. The van der Waals surface area contributed by atoms with Crippen LogP contribution in [0.4, 0.5) is 5.95 Å². The van der Waals surface area contributed by atoms with Gasteiger partial charge in [-0.05, 0) is 43.3 Å². The molecule has 0 aliphatic carbocycles. The summed E-state index contributed by atoms with van der Waals surface area (Å²) in [7, 11) is 0. The predicted octanol–water partition coefficient (Wildman–Crippen LogP) is 3.01. The van der Waals surface area contributed by atoms with Crippen molar-refractivity contribution in [1.29, 1.82) is 0 Å². The molecule has 0 unspecified atom stereocenters. The summed E-state index contributed by atoms with van der Waals surface area (Å²) < 4.78 is 3.00. The van der Waals surface area contributed by atoms with Gasteiger partial charge in [0.1, 0.15) is 0 Å².